The molecule has 0 bridgehead atoms. The second-order valence-electron chi connectivity index (χ2n) is 9.23. The second-order valence-corrected chi connectivity index (χ2v) is 9.23. The molecule has 2 aliphatic heterocycles. The van der Waals surface area contributed by atoms with E-state index in [9.17, 15) is 0 Å². The third-order valence-electron chi connectivity index (χ3n) is 6.40. The van der Waals surface area contributed by atoms with Gasteiger partial charge in [0, 0.05) is 56.7 Å². The highest BCUT2D eigenvalue weighted by molar-refractivity contribution is 5.80. The van der Waals surface area contributed by atoms with Gasteiger partial charge in [-0.05, 0) is 31.6 Å². The van der Waals surface area contributed by atoms with Crippen molar-refractivity contribution in [1.82, 2.24) is 15.5 Å². The summed E-state index contributed by atoms with van der Waals surface area (Å²) in [6.07, 6.45) is 5.29. The fraction of sp³-hybridized carbons (Fsp3) is 0.950. The predicted octanol–water partition coefficient (Wildman–Crippen LogP) is 2.48. The van der Waals surface area contributed by atoms with Crippen molar-refractivity contribution in [3.05, 3.63) is 0 Å². The largest absolute Gasteiger partial charge is 0.377 e. The maximum absolute atomic E-state index is 6.03. The molecule has 0 aromatic heterocycles. The first-order valence-corrected chi connectivity index (χ1v) is 10.3. The van der Waals surface area contributed by atoms with Crippen LogP contribution in [-0.2, 0) is 4.74 Å². The summed E-state index contributed by atoms with van der Waals surface area (Å²) in [5.74, 6) is 2.37. The van der Waals surface area contributed by atoms with E-state index < -0.39 is 0 Å². The molecular formula is C20H38N4O. The van der Waals surface area contributed by atoms with Crippen LogP contribution in [0.5, 0.6) is 0 Å². The zero-order valence-corrected chi connectivity index (χ0v) is 16.8. The summed E-state index contributed by atoms with van der Waals surface area (Å²) in [4.78, 5) is 7.11. The SMILES string of the molecule is CN=C(NC1CCN(CC(C)C)CC1)NC1C2CCCOC2C1(C)C. The van der Waals surface area contributed by atoms with Crippen LogP contribution in [0.3, 0.4) is 0 Å². The van der Waals surface area contributed by atoms with E-state index in [-0.39, 0.29) is 5.41 Å². The summed E-state index contributed by atoms with van der Waals surface area (Å²) < 4.78 is 6.03. The van der Waals surface area contributed by atoms with Crippen LogP contribution in [0.4, 0.5) is 0 Å². The number of guanidine groups is 1. The summed E-state index contributed by atoms with van der Waals surface area (Å²) in [7, 11) is 1.89. The average molecular weight is 351 g/mol. The molecule has 0 amide bonds. The number of likely N-dealkylation sites (tertiary alicyclic amines) is 1. The van der Waals surface area contributed by atoms with Gasteiger partial charge in [-0.1, -0.05) is 27.7 Å². The molecule has 2 N–H and O–H groups in total. The number of piperidine rings is 1. The minimum Gasteiger partial charge on any atom is -0.377 e. The zero-order valence-electron chi connectivity index (χ0n) is 16.8. The van der Waals surface area contributed by atoms with Crippen molar-refractivity contribution in [3.63, 3.8) is 0 Å². The van der Waals surface area contributed by atoms with Gasteiger partial charge in [0.15, 0.2) is 5.96 Å². The monoisotopic (exact) mass is 350 g/mol. The molecule has 25 heavy (non-hydrogen) atoms. The molecule has 2 saturated heterocycles. The fourth-order valence-corrected chi connectivity index (χ4v) is 5.10. The highest BCUT2D eigenvalue weighted by Crippen LogP contribution is 2.51. The molecule has 3 aliphatic rings. The first kappa shape index (κ1) is 19.0. The molecule has 1 aliphatic carbocycles. The van der Waals surface area contributed by atoms with Crippen molar-refractivity contribution in [1.29, 1.82) is 0 Å². The van der Waals surface area contributed by atoms with E-state index in [1.807, 2.05) is 7.05 Å². The Hall–Kier alpha value is -0.810. The van der Waals surface area contributed by atoms with Gasteiger partial charge in [-0.3, -0.25) is 4.99 Å². The quantitative estimate of drug-likeness (QED) is 0.604. The van der Waals surface area contributed by atoms with Gasteiger partial charge in [0.2, 0.25) is 0 Å². The fourth-order valence-electron chi connectivity index (χ4n) is 5.10. The number of nitrogens with zero attached hydrogens (tertiary/aromatic N) is 2. The lowest BCUT2D eigenvalue weighted by Crippen LogP contribution is -2.71. The van der Waals surface area contributed by atoms with Gasteiger partial charge in [-0.25, -0.2) is 0 Å². The van der Waals surface area contributed by atoms with Gasteiger partial charge in [-0.2, -0.15) is 0 Å². The number of fused-ring (bicyclic) bond motifs is 1. The lowest BCUT2D eigenvalue weighted by Gasteiger charge is -2.60. The Morgan fingerprint density at radius 3 is 2.56 bits per heavy atom. The molecule has 5 heteroatoms. The molecule has 0 aromatic rings. The molecule has 2 heterocycles. The van der Waals surface area contributed by atoms with E-state index >= 15 is 0 Å². The van der Waals surface area contributed by atoms with Gasteiger partial charge in [0.1, 0.15) is 0 Å². The lowest BCUT2D eigenvalue weighted by atomic mass is 9.55. The maximum Gasteiger partial charge on any atom is 0.191 e. The third-order valence-corrected chi connectivity index (χ3v) is 6.40. The third kappa shape index (κ3) is 4.13. The average Bonchev–Trinajstić information content (AvgIpc) is 2.59. The van der Waals surface area contributed by atoms with E-state index in [1.165, 1.54) is 45.3 Å². The molecule has 3 fully saturated rings. The first-order valence-electron chi connectivity index (χ1n) is 10.3. The molecule has 3 atom stereocenters. The Morgan fingerprint density at radius 1 is 1.20 bits per heavy atom. The zero-order chi connectivity index (χ0) is 18.0. The number of rotatable bonds is 4. The molecule has 0 aromatic carbocycles. The van der Waals surface area contributed by atoms with Crippen LogP contribution in [0.15, 0.2) is 4.99 Å². The Balaban J connectivity index is 1.49. The van der Waals surface area contributed by atoms with E-state index in [1.54, 1.807) is 0 Å². The maximum atomic E-state index is 6.03. The topological polar surface area (TPSA) is 48.9 Å². The Bertz CT molecular complexity index is 468. The van der Waals surface area contributed by atoms with Crippen molar-refractivity contribution >= 4 is 5.96 Å². The van der Waals surface area contributed by atoms with Crippen molar-refractivity contribution in [3.8, 4) is 0 Å². The molecule has 0 radical (unpaired) electrons. The molecule has 144 valence electrons. The highest BCUT2D eigenvalue weighted by atomic mass is 16.5. The van der Waals surface area contributed by atoms with Crippen LogP contribution in [0, 0.1) is 17.3 Å². The smallest absolute Gasteiger partial charge is 0.191 e. The van der Waals surface area contributed by atoms with E-state index in [2.05, 4.69) is 48.2 Å². The Labute approximate surface area is 154 Å². The van der Waals surface area contributed by atoms with Gasteiger partial charge in [-0.15, -0.1) is 0 Å². The molecule has 3 unspecified atom stereocenters. The number of hydrogen-bond donors (Lipinski definition) is 2. The van der Waals surface area contributed by atoms with Gasteiger partial charge in [0.25, 0.3) is 0 Å². The van der Waals surface area contributed by atoms with Crippen LogP contribution in [-0.4, -0.2) is 62.3 Å². The molecular weight excluding hydrogens is 312 g/mol. The van der Waals surface area contributed by atoms with Crippen molar-refractivity contribution < 1.29 is 4.74 Å². The van der Waals surface area contributed by atoms with Crippen LogP contribution in [0.25, 0.3) is 0 Å². The van der Waals surface area contributed by atoms with Crippen LogP contribution < -0.4 is 10.6 Å². The minimum atomic E-state index is 0.184. The molecule has 3 rings (SSSR count). The number of ether oxygens (including phenoxy) is 1. The van der Waals surface area contributed by atoms with Gasteiger partial charge in [0.05, 0.1) is 6.10 Å². The summed E-state index contributed by atoms with van der Waals surface area (Å²) in [5, 5.41) is 7.41. The van der Waals surface area contributed by atoms with Gasteiger partial charge < -0.3 is 20.3 Å². The summed E-state index contributed by atoms with van der Waals surface area (Å²) in [6, 6.07) is 1.00. The minimum absolute atomic E-state index is 0.184. The van der Waals surface area contributed by atoms with E-state index in [0.717, 1.165) is 18.5 Å². The van der Waals surface area contributed by atoms with Crippen molar-refractivity contribution in [2.75, 3.05) is 33.3 Å². The normalized spacial score (nSPS) is 33.7. The number of aliphatic imine (C=N–C) groups is 1. The highest BCUT2D eigenvalue weighted by Gasteiger charge is 2.58. The van der Waals surface area contributed by atoms with Crippen molar-refractivity contribution in [2.45, 2.75) is 71.6 Å². The van der Waals surface area contributed by atoms with Gasteiger partial charge >= 0.3 is 0 Å². The number of hydrogen-bond acceptors (Lipinski definition) is 3. The lowest BCUT2D eigenvalue weighted by molar-refractivity contribution is -0.188. The second kappa shape index (κ2) is 7.83. The first-order chi connectivity index (χ1) is 11.9. The van der Waals surface area contributed by atoms with Crippen LogP contribution in [0.1, 0.15) is 53.4 Å². The van der Waals surface area contributed by atoms with E-state index in [4.69, 9.17) is 4.74 Å². The Kier molecular flexibility index (Phi) is 5.94. The van der Waals surface area contributed by atoms with Crippen LogP contribution in [0.2, 0.25) is 0 Å². The molecule has 0 spiro atoms. The summed E-state index contributed by atoms with van der Waals surface area (Å²) >= 11 is 0. The molecule has 5 nitrogen and oxygen atoms in total. The molecule has 1 saturated carbocycles. The summed E-state index contributed by atoms with van der Waals surface area (Å²) in [6.45, 7) is 13.8. The predicted molar refractivity (Wildman–Crippen MR) is 104 cm³/mol. The summed E-state index contributed by atoms with van der Waals surface area (Å²) in [5.41, 5.74) is 0.184. The standard InChI is InChI=1S/C20H38N4O/c1-14(2)13-24-10-8-15(9-11-24)22-19(21-5)23-17-16-7-6-12-25-18(16)20(17,3)4/h14-18H,6-13H2,1-5H3,(H2,21,22,23). The van der Waals surface area contributed by atoms with Crippen LogP contribution >= 0.6 is 0 Å². The van der Waals surface area contributed by atoms with E-state index in [0.29, 0.717) is 24.1 Å². The Morgan fingerprint density at radius 2 is 1.92 bits per heavy atom. The van der Waals surface area contributed by atoms with Crippen molar-refractivity contribution in [2.24, 2.45) is 22.2 Å². The number of nitrogens with one attached hydrogen (secondary N) is 2.